The van der Waals surface area contributed by atoms with Gasteiger partial charge < -0.3 is 5.32 Å². The van der Waals surface area contributed by atoms with Gasteiger partial charge in [-0.15, -0.1) is 0 Å². The zero-order chi connectivity index (χ0) is 9.26. The van der Waals surface area contributed by atoms with Crippen molar-refractivity contribution in [3.8, 4) is 0 Å². The molecule has 0 fully saturated rings. The highest BCUT2D eigenvalue weighted by Crippen LogP contribution is 2.21. The monoisotopic (exact) mass is 174 g/mol. The van der Waals surface area contributed by atoms with Crippen molar-refractivity contribution in [3.63, 3.8) is 0 Å². The largest absolute Gasteiger partial charge is 0.363 e. The third kappa shape index (κ3) is 1.57. The highest BCUT2D eigenvalue weighted by molar-refractivity contribution is 5.89. The Labute approximate surface area is 78.7 Å². The lowest BCUT2D eigenvalue weighted by Crippen LogP contribution is -2.26. The number of fused-ring (bicyclic) bond motifs is 1. The van der Waals surface area contributed by atoms with E-state index in [0.29, 0.717) is 5.92 Å². The third-order valence-electron chi connectivity index (χ3n) is 2.27. The van der Waals surface area contributed by atoms with Gasteiger partial charge in [0.2, 0.25) is 0 Å². The van der Waals surface area contributed by atoms with Gasteiger partial charge in [-0.25, -0.2) is 0 Å². The van der Waals surface area contributed by atoms with Gasteiger partial charge in [0, 0.05) is 17.5 Å². The molecular weight excluding hydrogens is 160 g/mol. The summed E-state index contributed by atoms with van der Waals surface area (Å²) >= 11 is 0. The first kappa shape index (κ1) is 8.30. The number of nitrogens with zero attached hydrogens (tertiary/aromatic N) is 1. The first-order chi connectivity index (χ1) is 6.27. The quantitative estimate of drug-likeness (QED) is 0.695. The molecule has 1 N–H and O–H groups in total. The Kier molecular flexibility index (Phi) is 2.05. The van der Waals surface area contributed by atoms with Crippen molar-refractivity contribution >= 4 is 11.9 Å². The molecule has 1 aliphatic heterocycles. The lowest BCUT2D eigenvalue weighted by atomic mass is 10.1. The summed E-state index contributed by atoms with van der Waals surface area (Å²) in [6.07, 6.45) is 2.19. The van der Waals surface area contributed by atoms with E-state index in [2.05, 4.69) is 36.3 Å². The molecule has 0 bridgehead atoms. The van der Waals surface area contributed by atoms with Gasteiger partial charge in [-0.1, -0.05) is 32.0 Å². The van der Waals surface area contributed by atoms with E-state index in [1.54, 1.807) is 0 Å². The minimum atomic E-state index is 0.231. The SMILES string of the molecule is CC(C)C1N=Cc2ccccc2N1. The maximum Gasteiger partial charge on any atom is 0.120 e. The smallest absolute Gasteiger partial charge is 0.120 e. The molecular formula is C11H14N2. The molecule has 0 saturated heterocycles. The van der Waals surface area contributed by atoms with Crippen LogP contribution in [0, 0.1) is 5.92 Å². The second kappa shape index (κ2) is 3.21. The molecule has 0 aromatic heterocycles. The van der Waals surface area contributed by atoms with Crippen LogP contribution in [-0.2, 0) is 0 Å². The summed E-state index contributed by atoms with van der Waals surface area (Å²) in [5.74, 6) is 0.532. The molecule has 1 unspecified atom stereocenters. The van der Waals surface area contributed by atoms with Crippen molar-refractivity contribution in [2.24, 2.45) is 10.9 Å². The fourth-order valence-corrected chi connectivity index (χ4v) is 1.44. The van der Waals surface area contributed by atoms with Crippen LogP contribution in [0.4, 0.5) is 5.69 Å². The molecule has 0 amide bonds. The van der Waals surface area contributed by atoms with Gasteiger partial charge in [0.15, 0.2) is 0 Å². The predicted octanol–water partition coefficient (Wildman–Crippen LogP) is 2.51. The van der Waals surface area contributed by atoms with Gasteiger partial charge >= 0.3 is 0 Å². The Hall–Kier alpha value is -1.31. The maximum absolute atomic E-state index is 4.43. The van der Waals surface area contributed by atoms with Crippen LogP contribution in [0.25, 0.3) is 0 Å². The normalized spacial score (nSPS) is 19.8. The Balaban J connectivity index is 2.29. The molecule has 0 radical (unpaired) electrons. The number of hydrogen-bond donors (Lipinski definition) is 1. The number of nitrogens with one attached hydrogen (secondary N) is 1. The summed E-state index contributed by atoms with van der Waals surface area (Å²) in [4.78, 5) is 4.43. The topological polar surface area (TPSA) is 24.4 Å². The van der Waals surface area contributed by atoms with Gasteiger partial charge in [0.1, 0.15) is 6.17 Å². The standard InChI is InChI=1S/C11H14N2/c1-8(2)11-12-7-9-5-3-4-6-10(9)13-11/h3-8,11,13H,1-2H3. The second-order valence-corrected chi connectivity index (χ2v) is 3.70. The number of rotatable bonds is 1. The van der Waals surface area contributed by atoms with Crippen LogP contribution >= 0.6 is 0 Å². The molecule has 1 heterocycles. The highest BCUT2D eigenvalue weighted by Gasteiger charge is 2.15. The van der Waals surface area contributed by atoms with Crippen molar-refractivity contribution in [2.45, 2.75) is 20.0 Å². The third-order valence-corrected chi connectivity index (χ3v) is 2.27. The van der Waals surface area contributed by atoms with E-state index in [1.807, 2.05) is 18.3 Å². The Bertz CT molecular complexity index is 329. The van der Waals surface area contributed by atoms with E-state index in [4.69, 9.17) is 0 Å². The van der Waals surface area contributed by atoms with Crippen LogP contribution in [0.3, 0.4) is 0 Å². The Morgan fingerprint density at radius 2 is 2.08 bits per heavy atom. The zero-order valence-electron chi connectivity index (χ0n) is 7.99. The fourth-order valence-electron chi connectivity index (χ4n) is 1.44. The molecule has 2 nitrogen and oxygen atoms in total. The molecule has 0 aliphatic carbocycles. The van der Waals surface area contributed by atoms with Gasteiger partial charge in [0.25, 0.3) is 0 Å². The van der Waals surface area contributed by atoms with Crippen LogP contribution in [0.1, 0.15) is 19.4 Å². The van der Waals surface area contributed by atoms with E-state index >= 15 is 0 Å². The minimum absolute atomic E-state index is 0.231. The summed E-state index contributed by atoms with van der Waals surface area (Å²) in [6.45, 7) is 4.34. The number of anilines is 1. The number of para-hydroxylation sites is 1. The first-order valence-electron chi connectivity index (χ1n) is 4.66. The summed E-state index contributed by atoms with van der Waals surface area (Å²) in [5.41, 5.74) is 2.37. The minimum Gasteiger partial charge on any atom is -0.363 e. The molecule has 1 atom stereocenters. The maximum atomic E-state index is 4.43. The van der Waals surface area contributed by atoms with Crippen LogP contribution in [0.5, 0.6) is 0 Å². The van der Waals surface area contributed by atoms with Crippen LogP contribution < -0.4 is 5.32 Å². The van der Waals surface area contributed by atoms with E-state index in [1.165, 1.54) is 11.3 Å². The molecule has 13 heavy (non-hydrogen) atoms. The van der Waals surface area contributed by atoms with Crippen LogP contribution in [0.15, 0.2) is 29.3 Å². The van der Waals surface area contributed by atoms with Crippen molar-refractivity contribution in [1.29, 1.82) is 0 Å². The van der Waals surface area contributed by atoms with Gasteiger partial charge in [0.05, 0.1) is 0 Å². The van der Waals surface area contributed by atoms with E-state index in [9.17, 15) is 0 Å². The fraction of sp³-hybridized carbons (Fsp3) is 0.364. The van der Waals surface area contributed by atoms with Crippen LogP contribution in [0.2, 0.25) is 0 Å². The summed E-state index contributed by atoms with van der Waals surface area (Å²) in [6, 6.07) is 8.24. The first-order valence-corrected chi connectivity index (χ1v) is 4.66. The van der Waals surface area contributed by atoms with Crippen LogP contribution in [-0.4, -0.2) is 12.4 Å². The lowest BCUT2D eigenvalue weighted by molar-refractivity contribution is 0.541. The highest BCUT2D eigenvalue weighted by atomic mass is 15.1. The van der Waals surface area contributed by atoms with E-state index in [-0.39, 0.29) is 6.17 Å². The Morgan fingerprint density at radius 3 is 2.85 bits per heavy atom. The van der Waals surface area contributed by atoms with Crippen molar-refractivity contribution in [3.05, 3.63) is 29.8 Å². The number of hydrogen-bond acceptors (Lipinski definition) is 2. The Morgan fingerprint density at radius 1 is 1.31 bits per heavy atom. The summed E-state index contributed by atoms with van der Waals surface area (Å²) in [5, 5.41) is 3.40. The molecule has 0 saturated carbocycles. The number of benzene rings is 1. The molecule has 1 aromatic rings. The number of aliphatic imine (C=N–C) groups is 1. The van der Waals surface area contributed by atoms with Gasteiger partial charge in [-0.3, -0.25) is 4.99 Å². The van der Waals surface area contributed by atoms with E-state index in [0.717, 1.165) is 0 Å². The zero-order valence-corrected chi connectivity index (χ0v) is 7.99. The molecule has 1 aliphatic rings. The summed E-state index contributed by atoms with van der Waals surface area (Å²) < 4.78 is 0. The van der Waals surface area contributed by atoms with Gasteiger partial charge in [-0.05, 0) is 12.0 Å². The van der Waals surface area contributed by atoms with Crippen molar-refractivity contribution < 1.29 is 0 Å². The average Bonchev–Trinajstić information content (AvgIpc) is 2.17. The van der Waals surface area contributed by atoms with Crippen molar-refractivity contribution in [1.82, 2.24) is 0 Å². The molecule has 2 rings (SSSR count). The predicted molar refractivity (Wildman–Crippen MR) is 56.3 cm³/mol. The molecule has 1 aromatic carbocycles. The average molecular weight is 174 g/mol. The van der Waals surface area contributed by atoms with E-state index < -0.39 is 0 Å². The molecule has 2 heteroatoms. The molecule has 68 valence electrons. The second-order valence-electron chi connectivity index (χ2n) is 3.70. The summed E-state index contributed by atoms with van der Waals surface area (Å²) in [7, 11) is 0. The molecule has 0 spiro atoms. The van der Waals surface area contributed by atoms with Crippen molar-refractivity contribution in [2.75, 3.05) is 5.32 Å². The lowest BCUT2D eigenvalue weighted by Gasteiger charge is -2.24. The van der Waals surface area contributed by atoms with Gasteiger partial charge in [-0.2, -0.15) is 0 Å².